The van der Waals surface area contributed by atoms with Crippen molar-refractivity contribution in [2.45, 2.75) is 32.2 Å². The van der Waals surface area contributed by atoms with Gasteiger partial charge in [-0.25, -0.2) is 9.29 Å². The zero-order chi connectivity index (χ0) is 17.6. The maximum Gasteiger partial charge on any atom is 0.238 e. The smallest absolute Gasteiger partial charge is 0.238 e. The monoisotopic (exact) mass is 361 g/mol. The fourth-order valence-electron chi connectivity index (χ4n) is 3.77. The van der Waals surface area contributed by atoms with E-state index in [1.165, 1.54) is 12.1 Å². The summed E-state index contributed by atoms with van der Waals surface area (Å²) in [7, 11) is 0. The molecule has 1 aromatic carbocycles. The minimum absolute atomic E-state index is 0.191. The average Bonchev–Trinajstić information content (AvgIpc) is 3.08. The van der Waals surface area contributed by atoms with Crippen LogP contribution < -0.4 is 4.90 Å². The van der Waals surface area contributed by atoms with E-state index in [0.717, 1.165) is 36.1 Å². The molecule has 5 nitrogen and oxygen atoms in total. The number of fused-ring (bicyclic) bond motifs is 1. The summed E-state index contributed by atoms with van der Waals surface area (Å²) in [5, 5.41) is 4.61. The molecule has 1 aliphatic heterocycles. The third-order valence-corrected chi connectivity index (χ3v) is 5.28. The van der Waals surface area contributed by atoms with Gasteiger partial charge < -0.3 is 0 Å². The van der Waals surface area contributed by atoms with Gasteiger partial charge in [-0.3, -0.25) is 14.3 Å². The molecule has 1 saturated heterocycles. The van der Waals surface area contributed by atoms with Crippen LogP contribution in [-0.2, 0) is 16.1 Å². The number of nitrogens with zero attached hydrogens (tertiary/aromatic N) is 3. The van der Waals surface area contributed by atoms with Gasteiger partial charge in [0.15, 0.2) is 5.82 Å². The molecule has 7 heteroatoms. The lowest BCUT2D eigenvalue weighted by molar-refractivity contribution is -0.122. The number of aromatic nitrogens is 2. The Morgan fingerprint density at radius 1 is 1.08 bits per heavy atom. The molecule has 2 heterocycles. The molecule has 2 amide bonds. The van der Waals surface area contributed by atoms with Crippen molar-refractivity contribution in [1.82, 2.24) is 9.78 Å². The Morgan fingerprint density at radius 2 is 1.68 bits per heavy atom. The fraction of sp³-hybridized carbons (Fsp3) is 0.389. The molecular formula is C18H17ClFN3O2. The van der Waals surface area contributed by atoms with Crippen LogP contribution in [0.4, 0.5) is 10.2 Å². The summed E-state index contributed by atoms with van der Waals surface area (Å²) in [5.74, 6) is -0.960. The Kier molecular flexibility index (Phi) is 4.07. The number of imide groups is 1. The highest BCUT2D eigenvalue weighted by Crippen LogP contribution is 2.41. The van der Waals surface area contributed by atoms with Crippen LogP contribution in [0, 0.1) is 17.7 Å². The molecule has 0 spiro atoms. The molecule has 0 radical (unpaired) electrons. The molecule has 1 aliphatic carbocycles. The lowest BCUT2D eigenvalue weighted by Gasteiger charge is -2.19. The predicted molar refractivity (Wildman–Crippen MR) is 90.7 cm³/mol. The van der Waals surface area contributed by atoms with Crippen LogP contribution in [0.1, 0.15) is 31.2 Å². The van der Waals surface area contributed by atoms with Crippen LogP contribution >= 0.6 is 11.6 Å². The van der Waals surface area contributed by atoms with E-state index in [4.69, 9.17) is 11.6 Å². The number of anilines is 1. The number of hydrogen-bond donors (Lipinski definition) is 0. The van der Waals surface area contributed by atoms with Crippen LogP contribution in [0.5, 0.6) is 0 Å². The second-order valence-electron chi connectivity index (χ2n) is 6.63. The molecule has 2 aromatic rings. The maximum atomic E-state index is 13.0. The van der Waals surface area contributed by atoms with Crippen molar-refractivity contribution in [2.24, 2.45) is 11.8 Å². The molecular weight excluding hydrogens is 345 g/mol. The van der Waals surface area contributed by atoms with Gasteiger partial charge >= 0.3 is 0 Å². The number of carbonyl (C=O) groups is 2. The topological polar surface area (TPSA) is 55.2 Å². The molecule has 2 atom stereocenters. The van der Waals surface area contributed by atoms with E-state index in [1.54, 1.807) is 23.0 Å². The number of rotatable bonds is 3. The van der Waals surface area contributed by atoms with Crippen LogP contribution in [-0.4, -0.2) is 21.6 Å². The van der Waals surface area contributed by atoms with Crippen LogP contribution in [0.3, 0.4) is 0 Å². The SMILES string of the molecule is O=C1C2CCCCC2C(=O)N1c1nn(Cc2ccc(F)cc2)cc1Cl. The van der Waals surface area contributed by atoms with Crippen molar-refractivity contribution in [2.75, 3.05) is 4.90 Å². The van der Waals surface area contributed by atoms with Crippen LogP contribution in [0.15, 0.2) is 30.5 Å². The van der Waals surface area contributed by atoms with E-state index < -0.39 is 0 Å². The summed E-state index contributed by atoms with van der Waals surface area (Å²) in [4.78, 5) is 26.5. The number of carbonyl (C=O) groups excluding carboxylic acids is 2. The molecule has 0 N–H and O–H groups in total. The highest BCUT2D eigenvalue weighted by atomic mass is 35.5. The molecule has 2 aliphatic rings. The first-order valence-electron chi connectivity index (χ1n) is 8.40. The lowest BCUT2D eigenvalue weighted by atomic mass is 9.81. The number of halogens is 2. The van der Waals surface area contributed by atoms with Gasteiger partial charge in [0.2, 0.25) is 11.8 Å². The first-order valence-corrected chi connectivity index (χ1v) is 8.77. The summed E-state index contributed by atoms with van der Waals surface area (Å²) >= 11 is 6.26. The Labute approximate surface area is 149 Å². The maximum absolute atomic E-state index is 13.0. The summed E-state index contributed by atoms with van der Waals surface area (Å²) in [5.41, 5.74) is 0.847. The van der Waals surface area contributed by atoms with Crippen LogP contribution in [0.2, 0.25) is 5.02 Å². The number of benzene rings is 1. The van der Waals surface area contributed by atoms with Crippen molar-refractivity contribution in [1.29, 1.82) is 0 Å². The summed E-state index contributed by atoms with van der Waals surface area (Å²) < 4.78 is 14.6. The third kappa shape index (κ3) is 2.84. The second kappa shape index (κ2) is 6.26. The highest BCUT2D eigenvalue weighted by Gasteiger charge is 2.50. The second-order valence-corrected chi connectivity index (χ2v) is 7.04. The quantitative estimate of drug-likeness (QED) is 0.787. The molecule has 1 saturated carbocycles. The van der Waals surface area contributed by atoms with E-state index in [-0.39, 0.29) is 40.3 Å². The minimum Gasteiger partial charge on any atom is -0.274 e. The summed E-state index contributed by atoms with van der Waals surface area (Å²) in [6.45, 7) is 0.378. The van der Waals surface area contributed by atoms with E-state index in [9.17, 15) is 14.0 Å². The minimum atomic E-state index is -0.307. The van der Waals surface area contributed by atoms with E-state index >= 15 is 0 Å². The van der Waals surface area contributed by atoms with E-state index in [2.05, 4.69) is 5.10 Å². The van der Waals surface area contributed by atoms with Crippen molar-refractivity contribution < 1.29 is 14.0 Å². The van der Waals surface area contributed by atoms with Crippen LogP contribution in [0.25, 0.3) is 0 Å². The van der Waals surface area contributed by atoms with Gasteiger partial charge in [-0.1, -0.05) is 36.6 Å². The molecule has 25 heavy (non-hydrogen) atoms. The van der Waals surface area contributed by atoms with Gasteiger partial charge in [0, 0.05) is 6.20 Å². The first-order chi connectivity index (χ1) is 12.0. The van der Waals surface area contributed by atoms with Gasteiger partial charge in [0.25, 0.3) is 0 Å². The summed E-state index contributed by atoms with van der Waals surface area (Å²) in [6.07, 6.45) is 5.03. The standard InChI is InChI=1S/C18H17ClFN3O2/c19-15-10-22(9-11-5-7-12(20)8-6-11)21-16(15)23-17(24)13-3-1-2-4-14(13)18(23)25/h5-8,10,13-14H,1-4,9H2. The molecule has 0 bridgehead atoms. The Morgan fingerprint density at radius 3 is 2.28 bits per heavy atom. The van der Waals surface area contributed by atoms with E-state index in [1.807, 2.05) is 0 Å². The predicted octanol–water partition coefficient (Wildman–Crippen LogP) is 3.40. The Hall–Kier alpha value is -2.21. The highest BCUT2D eigenvalue weighted by molar-refractivity contribution is 6.35. The fourth-order valence-corrected chi connectivity index (χ4v) is 4.00. The number of hydrogen-bond acceptors (Lipinski definition) is 3. The lowest BCUT2D eigenvalue weighted by Crippen LogP contribution is -2.31. The zero-order valence-electron chi connectivity index (χ0n) is 13.5. The molecule has 4 rings (SSSR count). The normalized spacial score (nSPS) is 23.2. The molecule has 130 valence electrons. The average molecular weight is 362 g/mol. The summed E-state index contributed by atoms with van der Waals surface area (Å²) in [6, 6.07) is 6.07. The van der Waals surface area contributed by atoms with Gasteiger partial charge in [-0.2, -0.15) is 5.10 Å². The van der Waals surface area contributed by atoms with Gasteiger partial charge in [0.1, 0.15) is 10.8 Å². The van der Waals surface area contributed by atoms with Gasteiger partial charge in [0.05, 0.1) is 18.4 Å². The van der Waals surface area contributed by atoms with Gasteiger partial charge in [-0.15, -0.1) is 0 Å². The van der Waals surface area contributed by atoms with E-state index in [0.29, 0.717) is 6.54 Å². The number of amides is 2. The van der Waals surface area contributed by atoms with Crippen molar-refractivity contribution in [3.8, 4) is 0 Å². The van der Waals surface area contributed by atoms with Crippen molar-refractivity contribution in [3.05, 3.63) is 46.9 Å². The Balaban J connectivity index is 1.60. The van der Waals surface area contributed by atoms with Crippen molar-refractivity contribution in [3.63, 3.8) is 0 Å². The largest absolute Gasteiger partial charge is 0.274 e. The van der Waals surface area contributed by atoms with Crippen molar-refractivity contribution >= 4 is 29.2 Å². The zero-order valence-corrected chi connectivity index (χ0v) is 14.2. The first kappa shape index (κ1) is 16.3. The van der Waals surface area contributed by atoms with Gasteiger partial charge in [-0.05, 0) is 30.5 Å². The molecule has 2 fully saturated rings. The molecule has 2 unspecified atom stereocenters. The third-order valence-electron chi connectivity index (χ3n) is 5.01. The Bertz CT molecular complexity index is 809. The molecule has 1 aromatic heterocycles.